The van der Waals surface area contributed by atoms with Crippen LogP contribution >= 0.6 is 11.6 Å². The summed E-state index contributed by atoms with van der Waals surface area (Å²) < 4.78 is 6.47. The molecular weight excluding hydrogens is 572 g/mol. The van der Waals surface area contributed by atoms with Crippen molar-refractivity contribution in [1.82, 2.24) is 0 Å². The van der Waals surface area contributed by atoms with Gasteiger partial charge in [0.1, 0.15) is 0 Å². The average molecular weight is 615 g/mol. The third-order valence-corrected chi connectivity index (χ3v) is 11.4. The first-order valence-corrected chi connectivity index (χ1v) is 16.5. The van der Waals surface area contributed by atoms with Crippen LogP contribution in [0.2, 0.25) is 0 Å². The SMILES string of the molecule is COC1(/C=C/C2=C(Cl)C(=C/C=C3\N(C)c4ccc5ccccc5c4C3(C)C)/CCC2)N(C)c2ccc3ccccc3c2C1(C)C. The summed E-state index contributed by atoms with van der Waals surface area (Å²) in [6.45, 7) is 9.27. The monoisotopic (exact) mass is 614 g/mol. The molecule has 3 nitrogen and oxygen atoms in total. The second-order valence-electron chi connectivity index (χ2n) is 13.9. The molecule has 0 spiro atoms. The number of benzene rings is 4. The zero-order valence-corrected chi connectivity index (χ0v) is 28.3. The first-order valence-electron chi connectivity index (χ1n) is 16.1. The Balaban J connectivity index is 1.24. The highest BCUT2D eigenvalue weighted by molar-refractivity contribution is 6.32. The van der Waals surface area contributed by atoms with Gasteiger partial charge in [-0.15, -0.1) is 0 Å². The van der Waals surface area contributed by atoms with Crippen molar-refractivity contribution in [2.24, 2.45) is 0 Å². The van der Waals surface area contributed by atoms with Crippen LogP contribution in [0.4, 0.5) is 11.4 Å². The van der Waals surface area contributed by atoms with Crippen LogP contribution in [0.15, 0.2) is 119 Å². The molecule has 0 saturated heterocycles. The van der Waals surface area contributed by atoms with Crippen molar-refractivity contribution in [3.05, 3.63) is 130 Å². The molecule has 0 N–H and O–H groups in total. The first-order chi connectivity index (χ1) is 21.5. The summed E-state index contributed by atoms with van der Waals surface area (Å²) >= 11 is 7.22. The number of halogens is 1. The van der Waals surface area contributed by atoms with Crippen molar-refractivity contribution in [3.63, 3.8) is 0 Å². The molecule has 230 valence electrons. The Morgan fingerprint density at radius 2 is 1.38 bits per heavy atom. The van der Waals surface area contributed by atoms with E-state index >= 15 is 0 Å². The smallest absolute Gasteiger partial charge is 0.169 e. The van der Waals surface area contributed by atoms with Gasteiger partial charge in [0.05, 0.1) is 0 Å². The van der Waals surface area contributed by atoms with Crippen LogP contribution in [-0.4, -0.2) is 26.9 Å². The van der Waals surface area contributed by atoms with Gasteiger partial charge in [0.25, 0.3) is 0 Å². The van der Waals surface area contributed by atoms with E-state index < -0.39 is 5.72 Å². The van der Waals surface area contributed by atoms with Crippen LogP contribution in [-0.2, 0) is 15.6 Å². The predicted octanol–water partition coefficient (Wildman–Crippen LogP) is 10.5. The molecule has 0 saturated carbocycles. The number of hydrogen-bond donors (Lipinski definition) is 0. The minimum absolute atomic E-state index is 0.127. The summed E-state index contributed by atoms with van der Waals surface area (Å²) in [5.74, 6) is 0. The first kappa shape index (κ1) is 29.9. The number of fused-ring (bicyclic) bond motifs is 6. The van der Waals surface area contributed by atoms with Gasteiger partial charge in [-0.2, -0.15) is 0 Å². The van der Waals surface area contributed by atoms with Crippen molar-refractivity contribution in [2.75, 3.05) is 31.0 Å². The lowest BCUT2D eigenvalue weighted by Crippen LogP contribution is -2.54. The minimum atomic E-state index is -0.655. The molecule has 7 rings (SSSR count). The molecule has 2 heterocycles. The number of methoxy groups -OCH3 is 1. The van der Waals surface area contributed by atoms with Crippen molar-refractivity contribution in [1.29, 1.82) is 0 Å². The van der Waals surface area contributed by atoms with Gasteiger partial charge in [-0.3, -0.25) is 0 Å². The maximum Gasteiger partial charge on any atom is 0.169 e. The third kappa shape index (κ3) is 4.27. The molecule has 0 radical (unpaired) electrons. The molecule has 45 heavy (non-hydrogen) atoms. The summed E-state index contributed by atoms with van der Waals surface area (Å²) in [4.78, 5) is 4.64. The number of anilines is 2. The molecule has 1 atom stereocenters. The zero-order valence-electron chi connectivity index (χ0n) is 27.5. The lowest BCUT2D eigenvalue weighted by molar-refractivity contribution is -0.0125. The molecule has 1 aliphatic carbocycles. The lowest BCUT2D eigenvalue weighted by atomic mass is 9.75. The summed E-state index contributed by atoms with van der Waals surface area (Å²) in [6, 6.07) is 26.3. The Kier molecular flexibility index (Phi) is 7.07. The van der Waals surface area contributed by atoms with Gasteiger partial charge in [0.15, 0.2) is 5.72 Å². The number of likely N-dealkylation sites (N-methyl/N-ethyl adjacent to an activating group) is 2. The van der Waals surface area contributed by atoms with E-state index in [2.05, 4.69) is 149 Å². The lowest BCUT2D eigenvalue weighted by Gasteiger charge is -2.43. The van der Waals surface area contributed by atoms with Crippen molar-refractivity contribution in [2.45, 2.75) is 63.5 Å². The van der Waals surface area contributed by atoms with Gasteiger partial charge in [-0.1, -0.05) is 112 Å². The molecule has 4 heteroatoms. The maximum absolute atomic E-state index is 7.22. The number of nitrogens with zero attached hydrogens (tertiary/aromatic N) is 2. The topological polar surface area (TPSA) is 15.7 Å². The Bertz CT molecular complexity index is 1980. The number of hydrogen-bond acceptors (Lipinski definition) is 3. The molecule has 4 aromatic carbocycles. The van der Waals surface area contributed by atoms with Crippen molar-refractivity contribution >= 4 is 44.5 Å². The molecule has 0 amide bonds. The van der Waals surface area contributed by atoms with Crippen molar-refractivity contribution < 1.29 is 4.74 Å². The maximum atomic E-state index is 7.22. The van der Waals surface area contributed by atoms with Gasteiger partial charge < -0.3 is 14.5 Å². The Morgan fingerprint density at radius 1 is 0.756 bits per heavy atom. The molecule has 2 aliphatic heterocycles. The standard InChI is InChI=1S/C41H43ClN2O/c1-39(2)35(43(5)33-22-19-27-13-8-10-17-31(27)36(33)39)24-21-29-15-12-16-30(38(29)42)25-26-41(45-7)40(3,4)37-32-18-11-9-14-28(32)20-23-34(37)44(41)6/h8-11,13-14,17-26H,12,15-16H2,1-7H3/b26-25+,29-21+,35-24-. The highest BCUT2D eigenvalue weighted by atomic mass is 35.5. The van der Waals surface area contributed by atoms with E-state index in [0.29, 0.717) is 0 Å². The largest absolute Gasteiger partial charge is 0.354 e. The fourth-order valence-corrected chi connectivity index (χ4v) is 8.86. The summed E-state index contributed by atoms with van der Waals surface area (Å²) in [5.41, 5.74) is 7.76. The van der Waals surface area contributed by atoms with E-state index in [9.17, 15) is 0 Å². The summed E-state index contributed by atoms with van der Waals surface area (Å²) in [7, 11) is 6.15. The average Bonchev–Trinajstić information content (AvgIpc) is 3.35. The van der Waals surface area contributed by atoms with E-state index in [0.717, 1.165) is 24.3 Å². The second kappa shape index (κ2) is 10.6. The van der Waals surface area contributed by atoms with E-state index in [-0.39, 0.29) is 10.8 Å². The van der Waals surface area contributed by atoms with Crippen LogP contribution < -0.4 is 9.80 Å². The van der Waals surface area contributed by atoms with E-state index in [1.54, 1.807) is 0 Å². The Labute approximate surface area is 273 Å². The molecule has 3 aliphatic rings. The predicted molar refractivity (Wildman–Crippen MR) is 193 cm³/mol. The second-order valence-corrected chi connectivity index (χ2v) is 14.3. The Morgan fingerprint density at radius 3 is 2.04 bits per heavy atom. The fourth-order valence-electron chi connectivity index (χ4n) is 8.55. The highest BCUT2D eigenvalue weighted by Gasteiger charge is 2.55. The van der Waals surface area contributed by atoms with Crippen LogP contribution in [0, 0.1) is 0 Å². The van der Waals surface area contributed by atoms with Crippen LogP contribution in [0.5, 0.6) is 0 Å². The van der Waals surface area contributed by atoms with Gasteiger partial charge in [0.2, 0.25) is 0 Å². The van der Waals surface area contributed by atoms with Gasteiger partial charge in [-0.05, 0) is 87.4 Å². The van der Waals surface area contributed by atoms with E-state index in [4.69, 9.17) is 16.3 Å². The van der Waals surface area contributed by atoms with Crippen LogP contribution in [0.25, 0.3) is 21.5 Å². The number of rotatable bonds is 4. The quantitative estimate of drug-likeness (QED) is 0.227. The number of allylic oxidation sites excluding steroid dienone is 7. The number of ether oxygens (including phenoxy) is 1. The summed E-state index contributed by atoms with van der Waals surface area (Å²) in [6.07, 6.45) is 12.0. The molecule has 0 fully saturated rings. The van der Waals surface area contributed by atoms with E-state index in [1.165, 1.54) is 60.9 Å². The van der Waals surface area contributed by atoms with Gasteiger partial charge in [0, 0.05) is 54.1 Å². The minimum Gasteiger partial charge on any atom is -0.354 e. The van der Waals surface area contributed by atoms with Gasteiger partial charge in [-0.25, -0.2) is 0 Å². The Hall–Kier alpha value is -3.79. The molecule has 0 aromatic heterocycles. The highest BCUT2D eigenvalue weighted by Crippen LogP contribution is 2.55. The normalized spacial score (nSPS) is 24.1. The summed E-state index contributed by atoms with van der Waals surface area (Å²) in [5, 5.41) is 6.01. The zero-order chi connectivity index (χ0) is 31.7. The van der Waals surface area contributed by atoms with E-state index in [1.807, 2.05) is 7.11 Å². The molecule has 0 bridgehead atoms. The van der Waals surface area contributed by atoms with Crippen LogP contribution in [0.1, 0.15) is 58.1 Å². The van der Waals surface area contributed by atoms with Crippen LogP contribution in [0.3, 0.4) is 0 Å². The third-order valence-electron chi connectivity index (χ3n) is 10.9. The molecule has 4 aromatic rings. The van der Waals surface area contributed by atoms with Crippen molar-refractivity contribution in [3.8, 4) is 0 Å². The fraction of sp³-hybridized carbons (Fsp3) is 0.317. The molecular formula is C41H43ClN2O. The molecule has 1 unspecified atom stereocenters. The van der Waals surface area contributed by atoms with Gasteiger partial charge >= 0.3 is 0 Å².